The molecule has 2 aliphatic rings. The molecule has 2 N–H and O–H groups in total. The van der Waals surface area contributed by atoms with Gasteiger partial charge in [0.25, 0.3) is 0 Å². The number of nitrogens with two attached hydrogens (primary N) is 1. The van der Waals surface area contributed by atoms with Crippen LogP contribution in [0.25, 0.3) is 0 Å². The third-order valence-electron chi connectivity index (χ3n) is 5.52. The molecule has 2 heterocycles. The third-order valence-corrected chi connectivity index (χ3v) is 6.22. The van der Waals surface area contributed by atoms with Gasteiger partial charge in [-0.15, -0.1) is 0 Å². The number of Topliss-reactive ketones (excluding diaryl/α,β-unsaturated/α-hetero) is 1. The van der Waals surface area contributed by atoms with E-state index >= 15 is 0 Å². The fourth-order valence-corrected chi connectivity index (χ4v) is 5.01. The highest BCUT2D eigenvalue weighted by atomic mass is 32.1. The van der Waals surface area contributed by atoms with Crippen molar-refractivity contribution in [3.05, 3.63) is 74.9 Å². The van der Waals surface area contributed by atoms with Crippen molar-refractivity contribution in [1.29, 1.82) is 10.5 Å². The monoisotopic (exact) mass is 400 g/mol. The largest absolute Gasteiger partial charge is 0.384 e. The topological polar surface area (TPSA) is 93.9 Å². The highest BCUT2D eigenvalue weighted by molar-refractivity contribution is 7.08. The summed E-state index contributed by atoms with van der Waals surface area (Å²) in [5, 5.41) is 23.5. The maximum Gasteiger partial charge on any atom is 0.162 e. The van der Waals surface area contributed by atoms with Crippen LogP contribution in [0.3, 0.4) is 0 Å². The fourth-order valence-electron chi connectivity index (χ4n) is 4.32. The van der Waals surface area contributed by atoms with Crippen LogP contribution in [0.2, 0.25) is 0 Å². The number of carbonyl (C=O) groups excluding carboxylic acids is 1. The molecule has 0 spiro atoms. The van der Waals surface area contributed by atoms with Crippen LogP contribution >= 0.6 is 11.3 Å². The lowest BCUT2D eigenvalue weighted by molar-refractivity contribution is -0.118. The molecular weight excluding hydrogens is 380 g/mol. The molecule has 1 aromatic heterocycles. The molecule has 144 valence electrons. The molecule has 29 heavy (non-hydrogen) atoms. The number of anilines is 1. The maximum atomic E-state index is 13.3. The van der Waals surface area contributed by atoms with Crippen molar-refractivity contribution in [2.24, 2.45) is 11.1 Å². The van der Waals surface area contributed by atoms with Gasteiger partial charge in [0.2, 0.25) is 0 Å². The summed E-state index contributed by atoms with van der Waals surface area (Å²) in [6.07, 6.45) is 1.05. The van der Waals surface area contributed by atoms with E-state index in [4.69, 9.17) is 5.73 Å². The van der Waals surface area contributed by atoms with Gasteiger partial charge in [0, 0.05) is 17.7 Å². The Kier molecular flexibility index (Phi) is 4.53. The summed E-state index contributed by atoms with van der Waals surface area (Å²) in [5.41, 5.74) is 10.0. The Morgan fingerprint density at radius 1 is 1.17 bits per heavy atom. The summed E-state index contributed by atoms with van der Waals surface area (Å²) in [4.78, 5) is 15.1. The van der Waals surface area contributed by atoms with Crippen molar-refractivity contribution in [3.63, 3.8) is 0 Å². The molecule has 1 aliphatic carbocycles. The van der Waals surface area contributed by atoms with E-state index in [2.05, 4.69) is 26.0 Å². The Morgan fingerprint density at radius 2 is 1.93 bits per heavy atom. The summed E-state index contributed by atoms with van der Waals surface area (Å²) in [5.74, 6) is -0.141. The number of nitriles is 2. The zero-order chi connectivity index (χ0) is 20.8. The summed E-state index contributed by atoms with van der Waals surface area (Å²) in [6, 6.07) is 13.5. The average Bonchev–Trinajstić information content (AvgIpc) is 3.20. The number of hydrogen-bond acceptors (Lipinski definition) is 6. The lowest BCUT2D eigenvalue weighted by atomic mass is 9.69. The predicted octanol–water partition coefficient (Wildman–Crippen LogP) is 4.56. The van der Waals surface area contributed by atoms with Gasteiger partial charge >= 0.3 is 0 Å². The molecule has 1 aliphatic heterocycles. The molecule has 2 aromatic rings. The van der Waals surface area contributed by atoms with Crippen LogP contribution in [-0.2, 0) is 4.79 Å². The molecule has 0 saturated heterocycles. The lowest BCUT2D eigenvalue weighted by Gasteiger charge is -2.43. The Bertz CT molecular complexity index is 1140. The van der Waals surface area contributed by atoms with E-state index in [0.717, 1.165) is 11.3 Å². The Balaban J connectivity index is 2.04. The molecule has 0 amide bonds. The summed E-state index contributed by atoms with van der Waals surface area (Å²) >= 11 is 1.53. The number of allylic oxidation sites excluding steroid dienone is 3. The Morgan fingerprint density at radius 3 is 2.59 bits per heavy atom. The normalized spacial score (nSPS) is 20.9. The number of hydrogen-bond donors (Lipinski definition) is 1. The van der Waals surface area contributed by atoms with E-state index in [-0.39, 0.29) is 17.0 Å². The molecule has 0 saturated carbocycles. The van der Waals surface area contributed by atoms with Crippen LogP contribution in [0.5, 0.6) is 0 Å². The molecular formula is C23H20N4OS. The van der Waals surface area contributed by atoms with Crippen LogP contribution in [0, 0.1) is 28.1 Å². The Hall–Kier alpha value is -3.35. The van der Waals surface area contributed by atoms with Gasteiger partial charge in [-0.3, -0.25) is 9.69 Å². The van der Waals surface area contributed by atoms with E-state index < -0.39 is 5.92 Å². The van der Waals surface area contributed by atoms with Gasteiger partial charge in [0.15, 0.2) is 5.78 Å². The first-order chi connectivity index (χ1) is 13.9. The molecule has 0 bridgehead atoms. The predicted molar refractivity (Wildman–Crippen MR) is 113 cm³/mol. The number of carbonyl (C=O) groups is 1. The lowest BCUT2D eigenvalue weighted by Crippen LogP contribution is -2.42. The van der Waals surface area contributed by atoms with Gasteiger partial charge in [0.1, 0.15) is 11.9 Å². The van der Waals surface area contributed by atoms with Crippen LogP contribution < -0.4 is 10.6 Å². The zero-order valence-corrected chi connectivity index (χ0v) is 17.1. The molecule has 4 rings (SSSR count). The van der Waals surface area contributed by atoms with Crippen LogP contribution in [0.4, 0.5) is 5.69 Å². The van der Waals surface area contributed by atoms with Crippen molar-refractivity contribution in [2.45, 2.75) is 32.6 Å². The summed E-state index contributed by atoms with van der Waals surface area (Å²) in [7, 11) is 0. The third kappa shape index (κ3) is 3.03. The van der Waals surface area contributed by atoms with Gasteiger partial charge in [-0.25, -0.2) is 0 Å². The number of thiophene rings is 1. The molecule has 5 nitrogen and oxygen atoms in total. The minimum absolute atomic E-state index is 0.0344. The highest BCUT2D eigenvalue weighted by Gasteiger charge is 2.45. The first-order valence-corrected chi connectivity index (χ1v) is 10.3. The van der Waals surface area contributed by atoms with Gasteiger partial charge in [-0.05, 0) is 46.4 Å². The van der Waals surface area contributed by atoms with Gasteiger partial charge in [-0.2, -0.15) is 21.9 Å². The number of para-hydroxylation sites is 1. The smallest absolute Gasteiger partial charge is 0.162 e. The molecule has 1 aromatic carbocycles. The van der Waals surface area contributed by atoms with Crippen LogP contribution in [-0.4, -0.2) is 5.78 Å². The standard InChI is InChI=1S/C23H20N4OS/c1-23(2)9-18-21(19(28)10-23)20(15-7-8-29-13-15)16(12-25)22(26)27(18)17-6-4-3-5-14(17)11-24/h3-8,13,20H,9-10,26H2,1-2H3. The first kappa shape index (κ1) is 19.0. The second kappa shape index (κ2) is 6.92. The first-order valence-electron chi connectivity index (χ1n) is 9.35. The fraction of sp³-hybridized carbons (Fsp3) is 0.261. The van der Waals surface area contributed by atoms with Gasteiger partial charge < -0.3 is 5.73 Å². The summed E-state index contributed by atoms with van der Waals surface area (Å²) in [6.45, 7) is 4.12. The number of nitrogens with zero attached hydrogens (tertiary/aromatic N) is 3. The Labute approximate surface area is 174 Å². The molecule has 0 fully saturated rings. The second-order valence-electron chi connectivity index (χ2n) is 8.17. The van der Waals surface area contributed by atoms with E-state index in [0.29, 0.717) is 35.2 Å². The summed E-state index contributed by atoms with van der Waals surface area (Å²) < 4.78 is 0. The minimum Gasteiger partial charge on any atom is -0.384 e. The highest BCUT2D eigenvalue weighted by Crippen LogP contribution is 2.50. The average molecular weight is 401 g/mol. The second-order valence-corrected chi connectivity index (χ2v) is 8.95. The number of rotatable bonds is 2. The van der Waals surface area contributed by atoms with Crippen molar-refractivity contribution in [2.75, 3.05) is 4.90 Å². The van der Waals surface area contributed by atoms with Gasteiger partial charge in [-0.1, -0.05) is 26.0 Å². The van der Waals surface area contributed by atoms with E-state index in [1.54, 1.807) is 17.0 Å². The van der Waals surface area contributed by atoms with Crippen molar-refractivity contribution in [3.8, 4) is 12.1 Å². The quantitative estimate of drug-likeness (QED) is 0.797. The SMILES string of the molecule is CC1(C)CC(=O)C2=C(C1)N(c1ccccc1C#N)C(N)=C(C#N)C2c1ccsc1. The molecule has 1 unspecified atom stereocenters. The van der Waals surface area contributed by atoms with Crippen LogP contribution in [0.15, 0.2) is 63.8 Å². The van der Waals surface area contributed by atoms with Crippen LogP contribution in [0.1, 0.15) is 43.7 Å². The molecule has 1 atom stereocenters. The van der Waals surface area contributed by atoms with E-state index in [1.165, 1.54) is 11.3 Å². The van der Waals surface area contributed by atoms with Gasteiger partial charge in [0.05, 0.1) is 28.8 Å². The zero-order valence-electron chi connectivity index (χ0n) is 16.3. The van der Waals surface area contributed by atoms with Crippen molar-refractivity contribution in [1.82, 2.24) is 0 Å². The van der Waals surface area contributed by atoms with Crippen molar-refractivity contribution < 1.29 is 4.79 Å². The maximum absolute atomic E-state index is 13.3. The van der Waals surface area contributed by atoms with E-state index in [9.17, 15) is 15.3 Å². The number of ketones is 1. The molecule has 6 heteroatoms. The van der Waals surface area contributed by atoms with Crippen molar-refractivity contribution >= 4 is 22.8 Å². The van der Waals surface area contributed by atoms with E-state index in [1.807, 2.05) is 29.0 Å². The molecule has 0 radical (unpaired) electrons. The number of benzene rings is 1. The minimum atomic E-state index is -0.463.